The third-order valence-electron chi connectivity index (χ3n) is 5.58. The number of hydrogen-bond donors (Lipinski definition) is 2. The fraction of sp³-hybridized carbons (Fsp3) is 0.429. The summed E-state index contributed by atoms with van der Waals surface area (Å²) in [5.74, 6) is 1.36. The summed E-state index contributed by atoms with van der Waals surface area (Å²) in [5, 5.41) is 0. The average molecular weight is 441 g/mol. The van der Waals surface area contributed by atoms with Gasteiger partial charge in [-0.05, 0) is 25.8 Å². The van der Waals surface area contributed by atoms with Gasteiger partial charge >= 0.3 is 0 Å². The van der Waals surface area contributed by atoms with Gasteiger partial charge in [0.25, 0.3) is 11.7 Å². The number of ether oxygens (including phenoxy) is 1. The second kappa shape index (κ2) is 9.69. The molecule has 3 N–H and O–H groups in total. The van der Waals surface area contributed by atoms with E-state index in [0.717, 1.165) is 67.9 Å². The summed E-state index contributed by atoms with van der Waals surface area (Å²) in [6.45, 7) is 5.25. The van der Waals surface area contributed by atoms with Gasteiger partial charge in [0.05, 0.1) is 30.9 Å². The topological polar surface area (TPSA) is 128 Å². The van der Waals surface area contributed by atoms with Crippen molar-refractivity contribution in [2.75, 3.05) is 37.4 Å². The first-order valence-electron chi connectivity index (χ1n) is 10.5. The summed E-state index contributed by atoms with van der Waals surface area (Å²) in [6.07, 6.45) is 7.80. The van der Waals surface area contributed by atoms with Crippen LogP contribution in [0.4, 0.5) is 11.5 Å². The molecule has 1 amide bonds. The van der Waals surface area contributed by atoms with Crippen LogP contribution in [-0.4, -0.2) is 52.5 Å². The molecule has 2 aromatic heterocycles. The number of aromatic nitrogens is 3. The molecule has 0 radical (unpaired) electrons. The third-order valence-corrected chi connectivity index (χ3v) is 5.58. The number of anilines is 2. The molecule has 0 saturated carbocycles. The number of fused-ring (bicyclic) bond motifs is 1. The van der Waals surface area contributed by atoms with Crippen LogP contribution >= 0.6 is 0 Å². The number of hydroxylamine groups is 1. The SMILES string of the molecule is COc1ncc(N2CCc3ncnc(N)c3C2)cc1C.O=C(C1=CNOO1)N1CCCC1. The van der Waals surface area contributed by atoms with Crippen molar-refractivity contribution >= 4 is 17.4 Å². The lowest BCUT2D eigenvalue weighted by Gasteiger charge is -2.30. The summed E-state index contributed by atoms with van der Waals surface area (Å²) in [5.41, 5.74) is 12.4. The Hall–Kier alpha value is -3.60. The van der Waals surface area contributed by atoms with Crippen LogP contribution in [0.3, 0.4) is 0 Å². The minimum Gasteiger partial charge on any atom is -0.481 e. The highest BCUT2D eigenvalue weighted by molar-refractivity contribution is 5.91. The minimum absolute atomic E-state index is 0.0995. The number of nitrogens with two attached hydrogens (primary N) is 1. The summed E-state index contributed by atoms with van der Waals surface area (Å²) in [4.78, 5) is 37.1. The number of likely N-dealkylation sites (tertiary alicyclic amines) is 1. The molecule has 0 bridgehead atoms. The highest BCUT2D eigenvalue weighted by Crippen LogP contribution is 2.27. The Bertz CT molecular complexity index is 1010. The van der Waals surface area contributed by atoms with Gasteiger partial charge in [0.15, 0.2) is 0 Å². The molecule has 2 aromatic rings. The molecule has 0 aliphatic carbocycles. The average Bonchev–Trinajstić information content (AvgIpc) is 3.54. The van der Waals surface area contributed by atoms with Crippen molar-refractivity contribution in [3.8, 4) is 5.88 Å². The van der Waals surface area contributed by atoms with Crippen molar-refractivity contribution in [3.05, 3.63) is 47.4 Å². The molecular formula is C21H27N7O4. The van der Waals surface area contributed by atoms with Crippen LogP contribution in [0.5, 0.6) is 5.88 Å². The zero-order valence-corrected chi connectivity index (χ0v) is 18.2. The Balaban J connectivity index is 0.000000174. The quantitative estimate of drug-likeness (QED) is 0.672. The summed E-state index contributed by atoms with van der Waals surface area (Å²) >= 11 is 0. The van der Waals surface area contributed by atoms with Crippen LogP contribution in [0.2, 0.25) is 0 Å². The number of amides is 1. The van der Waals surface area contributed by atoms with Crippen molar-refractivity contribution in [2.24, 2.45) is 0 Å². The first-order chi connectivity index (χ1) is 15.6. The van der Waals surface area contributed by atoms with Gasteiger partial charge in [0.2, 0.25) is 5.88 Å². The van der Waals surface area contributed by atoms with Gasteiger partial charge in [-0.2, -0.15) is 0 Å². The third kappa shape index (κ3) is 4.67. The van der Waals surface area contributed by atoms with E-state index in [9.17, 15) is 4.79 Å². The molecular weight excluding hydrogens is 414 g/mol. The monoisotopic (exact) mass is 441 g/mol. The van der Waals surface area contributed by atoms with Gasteiger partial charge in [0, 0.05) is 43.7 Å². The van der Waals surface area contributed by atoms with Crippen molar-refractivity contribution < 1.29 is 19.4 Å². The molecule has 32 heavy (non-hydrogen) atoms. The zero-order valence-electron chi connectivity index (χ0n) is 18.2. The van der Waals surface area contributed by atoms with E-state index in [1.807, 2.05) is 13.1 Å². The van der Waals surface area contributed by atoms with Crippen LogP contribution in [0.25, 0.3) is 0 Å². The summed E-state index contributed by atoms with van der Waals surface area (Å²) < 4.78 is 5.19. The maximum atomic E-state index is 11.5. The van der Waals surface area contributed by atoms with E-state index in [1.165, 1.54) is 12.5 Å². The Kier molecular flexibility index (Phi) is 6.55. The Labute approximate surface area is 186 Å². The standard InChI is InChI=1S/C14H17N5O.C7H10N2O3/c1-9-5-10(6-16-14(9)20-2)19-4-3-12-11(7-19)13(15)18-8-17-12;10-7(6-5-8-12-11-6)9-3-1-2-4-9/h5-6,8H,3-4,7H2,1-2H3,(H2,15,17,18);5,8H,1-4H2. The Morgan fingerprint density at radius 1 is 1.22 bits per heavy atom. The van der Waals surface area contributed by atoms with Crippen molar-refractivity contribution in [1.29, 1.82) is 0 Å². The molecule has 0 atom stereocenters. The van der Waals surface area contributed by atoms with Crippen LogP contribution in [0, 0.1) is 6.92 Å². The second-order valence-electron chi connectivity index (χ2n) is 7.67. The van der Waals surface area contributed by atoms with E-state index in [1.54, 1.807) is 12.0 Å². The van der Waals surface area contributed by atoms with Crippen molar-refractivity contribution in [3.63, 3.8) is 0 Å². The fourth-order valence-electron chi connectivity index (χ4n) is 3.86. The van der Waals surface area contributed by atoms with E-state index in [2.05, 4.69) is 41.3 Å². The van der Waals surface area contributed by atoms with Crippen LogP contribution in [0.1, 0.15) is 29.7 Å². The summed E-state index contributed by atoms with van der Waals surface area (Å²) in [6, 6.07) is 2.08. The van der Waals surface area contributed by atoms with E-state index < -0.39 is 0 Å². The second-order valence-corrected chi connectivity index (χ2v) is 7.67. The van der Waals surface area contributed by atoms with Gasteiger partial charge in [0.1, 0.15) is 12.1 Å². The van der Waals surface area contributed by atoms with E-state index in [-0.39, 0.29) is 11.7 Å². The maximum absolute atomic E-state index is 11.5. The van der Waals surface area contributed by atoms with Gasteiger partial charge in [-0.1, -0.05) is 4.99 Å². The number of hydrogen-bond acceptors (Lipinski definition) is 10. The number of nitrogens with zero attached hydrogens (tertiary/aromatic N) is 5. The van der Waals surface area contributed by atoms with E-state index in [4.69, 9.17) is 10.5 Å². The molecule has 0 aromatic carbocycles. The predicted octanol–water partition coefficient (Wildman–Crippen LogP) is 1.25. The molecule has 0 unspecified atom stereocenters. The molecule has 1 fully saturated rings. The predicted molar refractivity (Wildman–Crippen MR) is 116 cm³/mol. The van der Waals surface area contributed by atoms with Crippen LogP contribution in [-0.2, 0) is 27.6 Å². The number of pyridine rings is 1. The fourth-order valence-corrected chi connectivity index (χ4v) is 3.86. The highest BCUT2D eigenvalue weighted by Gasteiger charge is 2.25. The van der Waals surface area contributed by atoms with Gasteiger partial charge < -0.3 is 25.2 Å². The lowest BCUT2D eigenvalue weighted by molar-refractivity contribution is -0.274. The van der Waals surface area contributed by atoms with Crippen molar-refractivity contribution in [1.82, 2.24) is 25.3 Å². The molecule has 5 rings (SSSR count). The lowest BCUT2D eigenvalue weighted by Crippen LogP contribution is -2.32. The molecule has 11 nitrogen and oxygen atoms in total. The van der Waals surface area contributed by atoms with E-state index >= 15 is 0 Å². The molecule has 170 valence electrons. The summed E-state index contributed by atoms with van der Waals surface area (Å²) in [7, 11) is 1.63. The minimum atomic E-state index is -0.0995. The molecule has 5 heterocycles. The van der Waals surface area contributed by atoms with Crippen LogP contribution < -0.4 is 20.9 Å². The Morgan fingerprint density at radius 2 is 2.03 bits per heavy atom. The number of nitrogen functional groups attached to an aromatic ring is 1. The van der Waals surface area contributed by atoms with Gasteiger partial charge in [-0.3, -0.25) is 4.79 Å². The highest BCUT2D eigenvalue weighted by atomic mass is 17.3. The number of nitrogens with one attached hydrogen (secondary N) is 1. The molecule has 1 saturated heterocycles. The first-order valence-corrected chi connectivity index (χ1v) is 10.5. The number of rotatable bonds is 3. The number of carbonyl (C=O) groups is 1. The zero-order chi connectivity index (χ0) is 22.5. The normalized spacial score (nSPS) is 16.9. The number of methoxy groups -OCH3 is 1. The Morgan fingerprint density at radius 3 is 2.72 bits per heavy atom. The molecule has 3 aliphatic heterocycles. The van der Waals surface area contributed by atoms with Crippen molar-refractivity contribution in [2.45, 2.75) is 32.7 Å². The lowest BCUT2D eigenvalue weighted by atomic mass is 10.1. The van der Waals surface area contributed by atoms with Crippen LogP contribution in [0.15, 0.2) is 30.5 Å². The maximum Gasteiger partial charge on any atom is 0.294 e. The smallest absolute Gasteiger partial charge is 0.294 e. The first kappa shape index (κ1) is 21.6. The number of carbonyl (C=O) groups excluding carboxylic acids is 1. The number of aryl methyl sites for hydroxylation is 1. The largest absolute Gasteiger partial charge is 0.481 e. The van der Waals surface area contributed by atoms with Gasteiger partial charge in [-0.15, -0.1) is 0 Å². The van der Waals surface area contributed by atoms with E-state index in [0.29, 0.717) is 11.7 Å². The molecule has 0 spiro atoms. The van der Waals surface area contributed by atoms with Gasteiger partial charge in [-0.25, -0.2) is 20.4 Å². The molecule has 11 heteroatoms. The molecule has 3 aliphatic rings.